The zero-order chi connectivity index (χ0) is 21.7. The highest BCUT2D eigenvalue weighted by molar-refractivity contribution is 5.87. The van der Waals surface area contributed by atoms with Gasteiger partial charge in [-0.1, -0.05) is 12.8 Å². The molecule has 0 aliphatic rings. The summed E-state index contributed by atoms with van der Waals surface area (Å²) < 4.78 is 9.77. The third-order valence-electron chi connectivity index (χ3n) is 4.08. The number of ketones is 1. The first-order chi connectivity index (χ1) is 13.0. The molecule has 3 unspecified atom stereocenters. The molecule has 0 spiro atoms. The van der Waals surface area contributed by atoms with Crippen molar-refractivity contribution in [1.29, 1.82) is 0 Å². The van der Waals surface area contributed by atoms with E-state index in [1.807, 2.05) is 0 Å². The molecule has 0 bridgehead atoms. The highest BCUT2D eigenvalue weighted by atomic mass is 16.6. The Bertz CT molecular complexity index is 493. The Morgan fingerprint density at radius 3 is 2.25 bits per heavy atom. The fraction of sp³-hybridized carbons (Fsp3) is 0.842. The molecule has 0 aliphatic heterocycles. The lowest BCUT2D eigenvalue weighted by Gasteiger charge is -2.23. The number of hydrogen-bond acceptors (Lipinski definition) is 8. The SMILES string of the molecule is COC(=O)C(N)CCCCCC(=O)C(CCC(O)CN)NC(=O)OC(C)(C)C. The zero-order valence-corrected chi connectivity index (χ0v) is 17.5. The smallest absolute Gasteiger partial charge is 0.408 e. The van der Waals surface area contributed by atoms with Crippen LogP contribution in [-0.2, 0) is 19.1 Å². The summed E-state index contributed by atoms with van der Waals surface area (Å²) in [6.45, 7) is 5.30. The van der Waals surface area contributed by atoms with Gasteiger partial charge in [0, 0.05) is 13.0 Å². The number of methoxy groups -OCH3 is 1. The van der Waals surface area contributed by atoms with Crippen LogP contribution < -0.4 is 16.8 Å². The van der Waals surface area contributed by atoms with E-state index in [1.54, 1.807) is 20.8 Å². The maximum Gasteiger partial charge on any atom is 0.408 e. The Balaban J connectivity index is 4.49. The molecule has 0 rings (SSSR count). The van der Waals surface area contributed by atoms with Crippen LogP contribution in [0.25, 0.3) is 0 Å². The van der Waals surface area contributed by atoms with Crippen LogP contribution in [0.5, 0.6) is 0 Å². The van der Waals surface area contributed by atoms with E-state index in [-0.39, 0.29) is 25.2 Å². The first-order valence-electron chi connectivity index (χ1n) is 9.74. The topological polar surface area (TPSA) is 154 Å². The summed E-state index contributed by atoms with van der Waals surface area (Å²) in [6, 6.07) is -1.39. The van der Waals surface area contributed by atoms with Gasteiger partial charge in [0.25, 0.3) is 0 Å². The van der Waals surface area contributed by atoms with Gasteiger partial charge in [-0.3, -0.25) is 9.59 Å². The second kappa shape index (κ2) is 13.5. The third-order valence-corrected chi connectivity index (χ3v) is 4.08. The maximum atomic E-state index is 12.5. The standard InChI is InChI=1S/C19H37N3O6/c1-19(2,3)28-18(26)22-15(11-10-13(23)12-20)16(24)9-7-5-6-8-14(21)17(25)27-4/h13-15,23H,5-12,20-21H2,1-4H3,(H,22,26). The van der Waals surface area contributed by atoms with Crippen molar-refractivity contribution in [2.24, 2.45) is 11.5 Å². The molecule has 28 heavy (non-hydrogen) atoms. The summed E-state index contributed by atoms with van der Waals surface area (Å²) in [6.07, 6.45) is 1.97. The average molecular weight is 404 g/mol. The number of ether oxygens (including phenoxy) is 2. The van der Waals surface area contributed by atoms with E-state index < -0.39 is 35.9 Å². The minimum atomic E-state index is -0.742. The van der Waals surface area contributed by atoms with Gasteiger partial charge >= 0.3 is 12.1 Å². The monoisotopic (exact) mass is 403 g/mol. The molecule has 0 aliphatic carbocycles. The summed E-state index contributed by atoms with van der Waals surface area (Å²) in [4.78, 5) is 35.8. The van der Waals surface area contributed by atoms with E-state index >= 15 is 0 Å². The van der Waals surface area contributed by atoms with E-state index in [2.05, 4.69) is 10.1 Å². The lowest BCUT2D eigenvalue weighted by Crippen LogP contribution is -2.44. The van der Waals surface area contributed by atoms with Gasteiger partial charge in [-0.05, 0) is 46.5 Å². The van der Waals surface area contributed by atoms with Crippen LogP contribution in [-0.4, -0.2) is 60.4 Å². The van der Waals surface area contributed by atoms with Crippen molar-refractivity contribution in [3.05, 3.63) is 0 Å². The Morgan fingerprint density at radius 1 is 1.07 bits per heavy atom. The number of aliphatic hydroxyl groups is 1. The van der Waals surface area contributed by atoms with Gasteiger partial charge in [0.05, 0.1) is 19.3 Å². The second-order valence-corrected chi connectivity index (χ2v) is 7.86. The van der Waals surface area contributed by atoms with Crippen molar-refractivity contribution in [3.63, 3.8) is 0 Å². The number of amides is 1. The molecule has 0 aromatic heterocycles. The van der Waals surface area contributed by atoms with Gasteiger partial charge in [-0.2, -0.15) is 0 Å². The van der Waals surface area contributed by atoms with Gasteiger partial charge in [-0.25, -0.2) is 4.79 Å². The molecule has 0 aromatic carbocycles. The van der Waals surface area contributed by atoms with Crippen LogP contribution in [0.1, 0.15) is 65.7 Å². The molecule has 0 aromatic rings. The number of esters is 1. The molecule has 0 saturated carbocycles. The molecule has 9 heteroatoms. The normalized spacial score (nSPS) is 14.7. The van der Waals surface area contributed by atoms with E-state index in [1.165, 1.54) is 7.11 Å². The minimum absolute atomic E-state index is 0.0911. The third kappa shape index (κ3) is 12.6. The largest absolute Gasteiger partial charge is 0.468 e. The summed E-state index contributed by atoms with van der Waals surface area (Å²) in [5.74, 6) is -0.580. The number of Topliss-reactive ketones (excluding diaryl/α,β-unsaturated/α-hetero) is 1. The van der Waals surface area contributed by atoms with Crippen molar-refractivity contribution < 1.29 is 29.0 Å². The highest BCUT2D eigenvalue weighted by Crippen LogP contribution is 2.12. The predicted molar refractivity (Wildman–Crippen MR) is 106 cm³/mol. The van der Waals surface area contributed by atoms with Gasteiger partial charge in [-0.15, -0.1) is 0 Å². The molecule has 0 saturated heterocycles. The van der Waals surface area contributed by atoms with E-state index in [0.717, 1.165) is 6.42 Å². The number of unbranched alkanes of at least 4 members (excludes halogenated alkanes) is 2. The lowest BCUT2D eigenvalue weighted by molar-refractivity contribution is -0.142. The molecule has 9 nitrogen and oxygen atoms in total. The fourth-order valence-electron chi connectivity index (χ4n) is 2.52. The van der Waals surface area contributed by atoms with Crippen molar-refractivity contribution in [2.75, 3.05) is 13.7 Å². The number of rotatable bonds is 13. The summed E-state index contributed by atoms with van der Waals surface area (Å²) in [5.41, 5.74) is 10.4. The molecule has 3 atom stereocenters. The van der Waals surface area contributed by atoms with Crippen LogP contribution in [0, 0.1) is 0 Å². The van der Waals surface area contributed by atoms with Gasteiger partial charge in [0.1, 0.15) is 11.6 Å². The first-order valence-corrected chi connectivity index (χ1v) is 9.74. The lowest BCUT2D eigenvalue weighted by atomic mass is 9.99. The van der Waals surface area contributed by atoms with Crippen LogP contribution in [0.4, 0.5) is 4.79 Å². The quantitative estimate of drug-likeness (QED) is 0.262. The summed E-state index contributed by atoms with van der Waals surface area (Å²) in [7, 11) is 1.29. The molecule has 6 N–H and O–H groups in total. The Kier molecular flexibility index (Phi) is 12.6. The maximum absolute atomic E-state index is 12.5. The summed E-state index contributed by atoms with van der Waals surface area (Å²) in [5, 5.41) is 12.2. The minimum Gasteiger partial charge on any atom is -0.468 e. The molecular formula is C19H37N3O6. The second-order valence-electron chi connectivity index (χ2n) is 7.86. The summed E-state index contributed by atoms with van der Waals surface area (Å²) >= 11 is 0. The fourth-order valence-corrected chi connectivity index (χ4v) is 2.52. The van der Waals surface area contributed by atoms with Gasteiger partial charge < -0.3 is 31.4 Å². The van der Waals surface area contributed by atoms with Crippen LogP contribution in [0.2, 0.25) is 0 Å². The van der Waals surface area contributed by atoms with Crippen LogP contribution >= 0.6 is 0 Å². The zero-order valence-electron chi connectivity index (χ0n) is 17.5. The first kappa shape index (κ1) is 26.3. The van der Waals surface area contributed by atoms with E-state index in [4.69, 9.17) is 16.2 Å². The van der Waals surface area contributed by atoms with Crippen molar-refractivity contribution in [1.82, 2.24) is 5.32 Å². The Hall–Kier alpha value is -1.71. The highest BCUT2D eigenvalue weighted by Gasteiger charge is 2.24. The van der Waals surface area contributed by atoms with Crippen molar-refractivity contribution in [3.8, 4) is 0 Å². The number of carbonyl (C=O) groups excluding carboxylic acids is 3. The number of nitrogens with one attached hydrogen (secondary N) is 1. The number of carbonyl (C=O) groups is 3. The van der Waals surface area contributed by atoms with Crippen molar-refractivity contribution in [2.45, 2.75) is 89.5 Å². The van der Waals surface area contributed by atoms with Crippen LogP contribution in [0.3, 0.4) is 0 Å². The molecule has 1 amide bonds. The van der Waals surface area contributed by atoms with Gasteiger partial charge in [0.15, 0.2) is 5.78 Å². The molecule has 164 valence electrons. The molecule has 0 fully saturated rings. The number of alkyl carbamates (subject to hydrolysis) is 1. The van der Waals surface area contributed by atoms with E-state index in [0.29, 0.717) is 25.7 Å². The Labute approximate surface area is 167 Å². The average Bonchev–Trinajstić information content (AvgIpc) is 2.61. The number of nitrogens with two attached hydrogens (primary N) is 2. The Morgan fingerprint density at radius 2 is 1.71 bits per heavy atom. The predicted octanol–water partition coefficient (Wildman–Crippen LogP) is 0.999. The molecule has 0 radical (unpaired) electrons. The van der Waals surface area contributed by atoms with Gasteiger partial charge in [0.2, 0.25) is 0 Å². The molecule has 0 heterocycles. The van der Waals surface area contributed by atoms with Crippen molar-refractivity contribution >= 4 is 17.8 Å². The van der Waals surface area contributed by atoms with Crippen LogP contribution in [0.15, 0.2) is 0 Å². The van der Waals surface area contributed by atoms with E-state index in [9.17, 15) is 19.5 Å². The molecular weight excluding hydrogens is 366 g/mol. The number of hydrogen-bond donors (Lipinski definition) is 4. The number of aliphatic hydroxyl groups excluding tert-OH is 1.